The van der Waals surface area contributed by atoms with E-state index in [0.29, 0.717) is 23.5 Å². The first-order valence-electron chi connectivity index (χ1n) is 8.25. The zero-order valence-electron chi connectivity index (χ0n) is 13.8. The van der Waals surface area contributed by atoms with E-state index in [0.717, 1.165) is 42.5 Å². The molecule has 1 fully saturated rings. The normalized spacial score (nSPS) is 24.4. The second-order valence-corrected chi connectivity index (χ2v) is 9.02. The summed E-state index contributed by atoms with van der Waals surface area (Å²) in [6, 6.07) is 2.46. The average molecular weight is 335 g/mol. The van der Waals surface area contributed by atoms with Crippen LogP contribution < -0.4 is 4.90 Å². The summed E-state index contributed by atoms with van der Waals surface area (Å²) in [5.74, 6) is 2.44. The molecule has 2 heterocycles. The number of nitrogens with zero attached hydrogens (tertiary/aromatic N) is 3. The molecule has 0 aliphatic heterocycles. The quantitative estimate of drug-likeness (QED) is 0.879. The summed E-state index contributed by atoms with van der Waals surface area (Å²) in [5.41, 5.74) is 0.868. The Balaban J connectivity index is 1.67. The molecule has 23 heavy (non-hydrogen) atoms. The zero-order valence-corrected chi connectivity index (χ0v) is 14.6. The largest absolute Gasteiger partial charge is 0.356 e. The van der Waals surface area contributed by atoms with Crippen LogP contribution in [-0.2, 0) is 9.73 Å². The van der Waals surface area contributed by atoms with E-state index in [1.54, 1.807) is 6.33 Å². The molecular weight excluding hydrogens is 310 g/mol. The van der Waals surface area contributed by atoms with Crippen molar-refractivity contribution in [2.24, 2.45) is 5.92 Å². The fourth-order valence-electron chi connectivity index (χ4n) is 3.51. The second-order valence-electron chi connectivity index (χ2n) is 6.49. The molecule has 1 saturated carbocycles. The lowest BCUT2D eigenvalue weighted by molar-refractivity contribution is 0.342. The summed E-state index contributed by atoms with van der Waals surface area (Å²) < 4.78 is 19.9. The highest BCUT2D eigenvalue weighted by Crippen LogP contribution is 2.32. The summed E-state index contributed by atoms with van der Waals surface area (Å²) in [5, 5.41) is 1.05. The van der Waals surface area contributed by atoms with E-state index in [1.807, 2.05) is 19.2 Å². The molecule has 0 radical (unpaired) electrons. The highest BCUT2D eigenvalue weighted by atomic mass is 32.2. The Morgan fingerprint density at radius 1 is 1.35 bits per heavy atom. The summed E-state index contributed by atoms with van der Waals surface area (Å²) in [4.78, 5) is 14.1. The molecule has 2 N–H and O–H groups in total. The van der Waals surface area contributed by atoms with Crippen LogP contribution in [0.2, 0.25) is 0 Å². The zero-order chi connectivity index (χ0) is 16.4. The van der Waals surface area contributed by atoms with Gasteiger partial charge in [0.05, 0.1) is 5.39 Å². The minimum absolute atomic E-state index is 0.433. The molecule has 3 rings (SSSR count). The van der Waals surface area contributed by atoms with E-state index >= 15 is 0 Å². The molecule has 2 aromatic heterocycles. The molecule has 2 aromatic rings. The third-order valence-corrected chi connectivity index (χ3v) is 6.94. The Bertz CT molecular complexity index is 762. The van der Waals surface area contributed by atoms with E-state index in [1.165, 1.54) is 0 Å². The van der Waals surface area contributed by atoms with Gasteiger partial charge in [0.2, 0.25) is 0 Å². The smallest absolute Gasteiger partial charge is 0.142 e. The molecule has 6 nitrogen and oxygen atoms in total. The van der Waals surface area contributed by atoms with Crippen molar-refractivity contribution in [3.63, 3.8) is 0 Å². The van der Waals surface area contributed by atoms with Crippen molar-refractivity contribution < 1.29 is 4.21 Å². The van der Waals surface area contributed by atoms with E-state index in [4.69, 9.17) is 4.78 Å². The number of H-pyrrole nitrogens is 1. The first kappa shape index (κ1) is 16.2. The average Bonchev–Trinajstić information content (AvgIpc) is 3.03. The van der Waals surface area contributed by atoms with Gasteiger partial charge in [-0.1, -0.05) is 6.92 Å². The molecule has 126 valence electrons. The minimum Gasteiger partial charge on any atom is -0.356 e. The maximum Gasteiger partial charge on any atom is 0.142 e. The number of hydrogen-bond acceptors (Lipinski definition) is 5. The van der Waals surface area contributed by atoms with Crippen LogP contribution in [0.1, 0.15) is 32.6 Å². The van der Waals surface area contributed by atoms with E-state index in [9.17, 15) is 4.21 Å². The Morgan fingerprint density at radius 3 is 2.78 bits per heavy atom. The van der Waals surface area contributed by atoms with Crippen LogP contribution in [0.15, 0.2) is 18.6 Å². The molecule has 0 saturated heterocycles. The fourth-order valence-corrected chi connectivity index (χ4v) is 4.84. The molecule has 1 aliphatic carbocycles. The summed E-state index contributed by atoms with van der Waals surface area (Å²) in [6.45, 7) is 1.85. The lowest BCUT2D eigenvalue weighted by Crippen LogP contribution is -2.37. The van der Waals surface area contributed by atoms with Gasteiger partial charge in [0, 0.05) is 40.5 Å². The summed E-state index contributed by atoms with van der Waals surface area (Å²) >= 11 is 0. The third kappa shape index (κ3) is 3.49. The third-order valence-electron chi connectivity index (χ3n) is 5.00. The molecule has 0 spiro atoms. The number of hydrogen-bond donors (Lipinski definition) is 2. The predicted octanol–water partition coefficient (Wildman–Crippen LogP) is 3.02. The van der Waals surface area contributed by atoms with Gasteiger partial charge in [0.1, 0.15) is 17.8 Å². The van der Waals surface area contributed by atoms with Gasteiger partial charge in [-0.2, -0.15) is 0 Å². The predicted molar refractivity (Wildman–Crippen MR) is 94.3 cm³/mol. The first-order chi connectivity index (χ1) is 11.0. The van der Waals surface area contributed by atoms with Gasteiger partial charge in [-0.05, 0) is 37.7 Å². The number of aromatic amines is 1. The van der Waals surface area contributed by atoms with Gasteiger partial charge in [-0.3, -0.25) is 4.78 Å². The maximum absolute atomic E-state index is 12.0. The Kier molecular flexibility index (Phi) is 4.57. The monoisotopic (exact) mass is 335 g/mol. The summed E-state index contributed by atoms with van der Waals surface area (Å²) in [7, 11) is -0.272. The van der Waals surface area contributed by atoms with Gasteiger partial charge in [0.25, 0.3) is 0 Å². The van der Waals surface area contributed by atoms with E-state index in [2.05, 4.69) is 26.9 Å². The van der Waals surface area contributed by atoms with Crippen LogP contribution >= 0.6 is 0 Å². The van der Waals surface area contributed by atoms with Crippen LogP contribution in [0, 0.1) is 10.7 Å². The van der Waals surface area contributed by atoms with E-state index < -0.39 is 9.73 Å². The van der Waals surface area contributed by atoms with Crippen LogP contribution in [-0.4, -0.2) is 43.8 Å². The van der Waals surface area contributed by atoms with Gasteiger partial charge in [-0.15, -0.1) is 0 Å². The van der Waals surface area contributed by atoms with Gasteiger partial charge in [0.15, 0.2) is 0 Å². The van der Waals surface area contributed by atoms with Crippen molar-refractivity contribution in [2.75, 3.05) is 23.5 Å². The SMILES string of the molecule is CCS(=N)(=O)C[C@H]1CC[C@H](N(C)c2ncnc3[nH]ccc23)CC1. The van der Waals surface area contributed by atoms with Crippen LogP contribution in [0.25, 0.3) is 11.0 Å². The molecular formula is C16H25N5OS. The van der Waals surface area contributed by atoms with Crippen molar-refractivity contribution in [1.82, 2.24) is 15.0 Å². The van der Waals surface area contributed by atoms with Crippen molar-refractivity contribution in [2.45, 2.75) is 38.6 Å². The number of aromatic nitrogens is 3. The second kappa shape index (κ2) is 6.47. The highest BCUT2D eigenvalue weighted by molar-refractivity contribution is 7.92. The van der Waals surface area contributed by atoms with Crippen molar-refractivity contribution in [3.8, 4) is 0 Å². The molecule has 1 aliphatic rings. The van der Waals surface area contributed by atoms with E-state index in [-0.39, 0.29) is 0 Å². The van der Waals surface area contributed by atoms with Gasteiger partial charge >= 0.3 is 0 Å². The Morgan fingerprint density at radius 2 is 2.09 bits per heavy atom. The molecule has 7 heteroatoms. The topological polar surface area (TPSA) is 85.7 Å². The maximum atomic E-state index is 12.0. The lowest BCUT2D eigenvalue weighted by atomic mass is 9.86. The standard InChI is InChI=1S/C16H25N5OS/c1-3-23(17,22)10-12-4-6-13(7-5-12)21(2)16-14-8-9-18-15(14)19-11-20-16/h8-9,11-13,17H,3-7,10H2,1-2H3,(H,18,19,20)/t12-,13-,23?. The van der Waals surface area contributed by atoms with Crippen molar-refractivity contribution in [3.05, 3.63) is 18.6 Å². The first-order valence-corrected chi connectivity index (χ1v) is 10.1. The minimum atomic E-state index is -2.37. The molecule has 1 unspecified atom stereocenters. The van der Waals surface area contributed by atoms with Gasteiger partial charge in [-0.25, -0.2) is 14.2 Å². The molecule has 1 atom stereocenters. The molecule has 0 aromatic carbocycles. The number of rotatable bonds is 5. The highest BCUT2D eigenvalue weighted by Gasteiger charge is 2.27. The summed E-state index contributed by atoms with van der Waals surface area (Å²) in [6.07, 6.45) is 7.72. The van der Waals surface area contributed by atoms with Crippen LogP contribution in [0.4, 0.5) is 5.82 Å². The van der Waals surface area contributed by atoms with Crippen molar-refractivity contribution >= 4 is 26.6 Å². The van der Waals surface area contributed by atoms with Gasteiger partial charge < -0.3 is 9.88 Å². The Hall–Kier alpha value is -1.63. The van der Waals surface area contributed by atoms with Crippen LogP contribution in [0.3, 0.4) is 0 Å². The molecule has 0 bridgehead atoms. The number of fused-ring (bicyclic) bond motifs is 1. The fraction of sp³-hybridized carbons (Fsp3) is 0.625. The number of nitrogens with one attached hydrogen (secondary N) is 2. The Labute approximate surface area is 137 Å². The van der Waals surface area contributed by atoms with Crippen molar-refractivity contribution in [1.29, 1.82) is 4.78 Å². The number of anilines is 1. The molecule has 0 amide bonds. The van der Waals surface area contributed by atoms with Crippen LogP contribution in [0.5, 0.6) is 0 Å². The lowest BCUT2D eigenvalue weighted by Gasteiger charge is -2.35.